The molecule has 0 atom stereocenters. The number of anilines is 3. The van der Waals surface area contributed by atoms with Crippen molar-refractivity contribution in [3.63, 3.8) is 0 Å². The van der Waals surface area contributed by atoms with Crippen LogP contribution in [0.3, 0.4) is 0 Å². The Morgan fingerprint density at radius 2 is 2.16 bits per heavy atom. The van der Waals surface area contributed by atoms with Gasteiger partial charge in [-0.2, -0.15) is 0 Å². The summed E-state index contributed by atoms with van der Waals surface area (Å²) in [5, 5.41) is 0.625. The highest BCUT2D eigenvalue weighted by Crippen LogP contribution is 2.34. The summed E-state index contributed by atoms with van der Waals surface area (Å²) in [6.45, 7) is 0.781. The highest BCUT2D eigenvalue weighted by Gasteiger charge is 2.22. The van der Waals surface area contributed by atoms with Crippen LogP contribution in [0.5, 0.6) is 0 Å². The van der Waals surface area contributed by atoms with Gasteiger partial charge in [-0.25, -0.2) is 14.4 Å². The average Bonchev–Trinajstić information content (AvgIpc) is 2.80. The smallest absolute Gasteiger partial charge is 0.191 e. The van der Waals surface area contributed by atoms with Crippen LogP contribution < -0.4 is 10.6 Å². The molecule has 0 bridgehead atoms. The molecule has 2 heterocycles. The minimum atomic E-state index is -0.238. The van der Waals surface area contributed by atoms with Crippen molar-refractivity contribution in [3.8, 4) is 0 Å². The molecule has 19 heavy (non-hydrogen) atoms. The van der Waals surface area contributed by atoms with E-state index in [1.54, 1.807) is 12.1 Å². The van der Waals surface area contributed by atoms with Crippen LogP contribution in [0.25, 0.3) is 0 Å². The Labute approximate surface area is 114 Å². The van der Waals surface area contributed by atoms with Gasteiger partial charge in [-0.1, -0.05) is 17.8 Å². The quantitative estimate of drug-likeness (QED) is 0.675. The predicted molar refractivity (Wildman–Crippen MR) is 75.3 cm³/mol. The molecule has 0 fully saturated rings. The van der Waals surface area contributed by atoms with E-state index >= 15 is 0 Å². The summed E-state index contributed by atoms with van der Waals surface area (Å²) in [5.41, 5.74) is 7.78. The Hall–Kier alpha value is -1.82. The first-order chi connectivity index (χ1) is 9.17. The normalized spacial score (nSPS) is 13.7. The maximum absolute atomic E-state index is 13.4. The lowest BCUT2D eigenvalue weighted by molar-refractivity contribution is 0.628. The van der Waals surface area contributed by atoms with E-state index < -0.39 is 0 Å². The van der Waals surface area contributed by atoms with Gasteiger partial charge in [0.15, 0.2) is 5.16 Å². The molecule has 2 N–H and O–H groups in total. The molecule has 1 aliphatic rings. The van der Waals surface area contributed by atoms with E-state index in [1.807, 2.05) is 17.2 Å². The van der Waals surface area contributed by atoms with Crippen LogP contribution in [0.2, 0.25) is 0 Å². The third kappa shape index (κ3) is 2.23. The van der Waals surface area contributed by atoms with Gasteiger partial charge in [0, 0.05) is 18.3 Å². The van der Waals surface area contributed by atoms with Crippen molar-refractivity contribution in [2.75, 3.05) is 23.4 Å². The zero-order chi connectivity index (χ0) is 13.4. The van der Waals surface area contributed by atoms with Crippen LogP contribution >= 0.6 is 11.8 Å². The zero-order valence-electron chi connectivity index (χ0n) is 10.4. The molecule has 0 saturated carbocycles. The SMILES string of the molecule is CSc1nc(N)cc(N2CCc3ccc(F)cc32)n1. The van der Waals surface area contributed by atoms with Gasteiger partial charge in [0.1, 0.15) is 17.5 Å². The second-order valence-corrected chi connectivity index (χ2v) is 5.09. The Balaban J connectivity index is 2.06. The van der Waals surface area contributed by atoms with Crippen LogP contribution in [0.15, 0.2) is 29.4 Å². The monoisotopic (exact) mass is 276 g/mol. The molecule has 1 aromatic carbocycles. The van der Waals surface area contributed by atoms with E-state index in [0.29, 0.717) is 11.0 Å². The first-order valence-electron chi connectivity index (χ1n) is 5.92. The van der Waals surface area contributed by atoms with E-state index in [9.17, 15) is 4.39 Å². The molecule has 0 unspecified atom stereocenters. The van der Waals surface area contributed by atoms with E-state index in [1.165, 1.54) is 17.8 Å². The van der Waals surface area contributed by atoms with Crippen LogP contribution in [0, 0.1) is 5.82 Å². The maximum Gasteiger partial charge on any atom is 0.191 e. The molecule has 98 valence electrons. The van der Waals surface area contributed by atoms with Gasteiger partial charge in [0.2, 0.25) is 0 Å². The highest BCUT2D eigenvalue weighted by molar-refractivity contribution is 7.98. The lowest BCUT2D eigenvalue weighted by Crippen LogP contribution is -2.16. The standard InChI is InChI=1S/C13H13FN4S/c1-19-13-16-11(15)7-12(17-13)18-5-4-8-2-3-9(14)6-10(8)18/h2-3,6-7H,4-5H2,1H3,(H2,15,16,17). The largest absolute Gasteiger partial charge is 0.383 e. The number of nitrogens with zero attached hydrogens (tertiary/aromatic N) is 3. The summed E-state index contributed by atoms with van der Waals surface area (Å²) in [5.74, 6) is 0.915. The zero-order valence-corrected chi connectivity index (χ0v) is 11.2. The third-order valence-corrected chi connectivity index (χ3v) is 3.66. The van der Waals surface area contributed by atoms with Crippen molar-refractivity contribution < 1.29 is 4.39 Å². The summed E-state index contributed by atoms with van der Waals surface area (Å²) < 4.78 is 13.4. The number of rotatable bonds is 2. The van der Waals surface area contributed by atoms with Crippen LogP contribution in [0.4, 0.5) is 21.7 Å². The van der Waals surface area contributed by atoms with Crippen molar-refractivity contribution in [1.29, 1.82) is 0 Å². The summed E-state index contributed by atoms with van der Waals surface area (Å²) in [7, 11) is 0. The number of thioether (sulfide) groups is 1. The van der Waals surface area contributed by atoms with Gasteiger partial charge < -0.3 is 10.6 Å². The number of aromatic nitrogens is 2. The molecule has 2 aromatic rings. The minimum Gasteiger partial charge on any atom is -0.383 e. The van der Waals surface area contributed by atoms with Gasteiger partial charge in [-0.05, 0) is 30.4 Å². The van der Waals surface area contributed by atoms with Crippen molar-refractivity contribution in [1.82, 2.24) is 9.97 Å². The molecule has 0 aliphatic carbocycles. The predicted octanol–water partition coefficient (Wildman–Crippen LogP) is 2.61. The number of hydrogen-bond acceptors (Lipinski definition) is 5. The van der Waals surface area contributed by atoms with E-state index in [2.05, 4.69) is 9.97 Å². The van der Waals surface area contributed by atoms with Gasteiger partial charge in [-0.15, -0.1) is 0 Å². The fraction of sp³-hybridized carbons (Fsp3) is 0.231. The molecule has 0 saturated heterocycles. The topological polar surface area (TPSA) is 55.0 Å². The first kappa shape index (κ1) is 12.2. The van der Waals surface area contributed by atoms with Crippen LogP contribution in [-0.4, -0.2) is 22.8 Å². The van der Waals surface area contributed by atoms with Gasteiger partial charge in [0.05, 0.1) is 0 Å². The molecule has 1 aliphatic heterocycles. The summed E-state index contributed by atoms with van der Waals surface area (Å²) in [4.78, 5) is 10.5. The number of halogens is 1. The van der Waals surface area contributed by atoms with Crippen molar-refractivity contribution in [2.24, 2.45) is 0 Å². The molecular weight excluding hydrogens is 263 g/mol. The van der Waals surface area contributed by atoms with Crippen molar-refractivity contribution in [3.05, 3.63) is 35.6 Å². The average molecular weight is 276 g/mol. The fourth-order valence-electron chi connectivity index (χ4n) is 2.25. The van der Waals surface area contributed by atoms with Gasteiger partial charge >= 0.3 is 0 Å². The summed E-state index contributed by atoms with van der Waals surface area (Å²) >= 11 is 1.44. The Morgan fingerprint density at radius 1 is 1.32 bits per heavy atom. The Morgan fingerprint density at radius 3 is 2.95 bits per heavy atom. The number of fused-ring (bicyclic) bond motifs is 1. The Kier molecular flexibility index (Phi) is 3.02. The van der Waals surface area contributed by atoms with Gasteiger partial charge in [-0.3, -0.25) is 0 Å². The minimum absolute atomic E-state index is 0.238. The second-order valence-electron chi connectivity index (χ2n) is 4.31. The molecule has 0 spiro atoms. The second kappa shape index (κ2) is 4.70. The van der Waals surface area contributed by atoms with E-state index in [0.717, 1.165) is 30.0 Å². The molecule has 4 nitrogen and oxygen atoms in total. The van der Waals surface area contributed by atoms with Crippen LogP contribution in [-0.2, 0) is 6.42 Å². The Bertz CT molecular complexity index is 632. The highest BCUT2D eigenvalue weighted by atomic mass is 32.2. The first-order valence-corrected chi connectivity index (χ1v) is 7.14. The molecule has 3 rings (SSSR count). The van der Waals surface area contributed by atoms with Gasteiger partial charge in [0.25, 0.3) is 0 Å². The number of hydrogen-bond donors (Lipinski definition) is 1. The number of benzene rings is 1. The van der Waals surface area contributed by atoms with E-state index in [-0.39, 0.29) is 5.82 Å². The fourth-order valence-corrected chi connectivity index (χ4v) is 2.63. The molecular formula is C13H13FN4S. The molecule has 0 amide bonds. The lowest BCUT2D eigenvalue weighted by Gasteiger charge is -2.19. The number of nitrogen functional groups attached to an aromatic ring is 1. The third-order valence-electron chi connectivity index (χ3n) is 3.11. The van der Waals surface area contributed by atoms with Crippen LogP contribution in [0.1, 0.15) is 5.56 Å². The summed E-state index contributed by atoms with van der Waals surface area (Å²) in [6.07, 6.45) is 2.78. The molecule has 0 radical (unpaired) electrons. The molecule has 1 aromatic heterocycles. The summed E-state index contributed by atoms with van der Waals surface area (Å²) in [6, 6.07) is 6.58. The number of nitrogens with two attached hydrogens (primary N) is 1. The van der Waals surface area contributed by atoms with Crippen molar-refractivity contribution >= 4 is 29.1 Å². The van der Waals surface area contributed by atoms with E-state index in [4.69, 9.17) is 5.73 Å². The maximum atomic E-state index is 13.4. The molecule has 6 heteroatoms. The lowest BCUT2D eigenvalue weighted by atomic mass is 10.2. The van der Waals surface area contributed by atoms with Crippen molar-refractivity contribution in [2.45, 2.75) is 11.6 Å².